The van der Waals surface area contributed by atoms with Crippen LogP contribution in [0, 0.1) is 0 Å². The average Bonchev–Trinajstić information content (AvgIpc) is 2.90. The predicted molar refractivity (Wildman–Crippen MR) is 59.1 cm³/mol. The van der Waals surface area contributed by atoms with Crippen molar-refractivity contribution >= 4 is 0 Å². The van der Waals surface area contributed by atoms with Crippen LogP contribution in [-0.2, 0) is 0 Å². The molecule has 1 N–H and O–H groups in total. The highest BCUT2D eigenvalue weighted by atomic mass is 16.5. The summed E-state index contributed by atoms with van der Waals surface area (Å²) in [6.45, 7) is 5.86. The maximum atomic E-state index is 5.57. The van der Waals surface area contributed by atoms with Gasteiger partial charge in [0.25, 0.3) is 0 Å². The maximum Gasteiger partial charge on any atom is 0.157 e. The third-order valence-corrected chi connectivity index (χ3v) is 2.49. The lowest BCUT2D eigenvalue weighted by atomic mass is 10.4. The summed E-state index contributed by atoms with van der Waals surface area (Å²) in [4.78, 5) is 0. The largest absolute Gasteiger partial charge is 0.489 e. The van der Waals surface area contributed by atoms with Gasteiger partial charge in [-0.25, -0.2) is 0 Å². The van der Waals surface area contributed by atoms with Crippen LogP contribution < -0.4 is 10.1 Å². The van der Waals surface area contributed by atoms with Gasteiger partial charge in [-0.3, -0.25) is 4.68 Å². The first-order valence-electron chi connectivity index (χ1n) is 5.66. The maximum absolute atomic E-state index is 5.57. The van der Waals surface area contributed by atoms with Gasteiger partial charge in [0, 0.05) is 18.6 Å². The molecule has 0 aliphatic heterocycles. The lowest BCUT2D eigenvalue weighted by Gasteiger charge is -2.05. The molecule has 1 heterocycles. The van der Waals surface area contributed by atoms with Crippen molar-refractivity contribution in [3.8, 4) is 5.75 Å². The number of aromatic nitrogens is 2. The fourth-order valence-corrected chi connectivity index (χ4v) is 1.40. The summed E-state index contributed by atoms with van der Waals surface area (Å²) in [5.41, 5.74) is 0. The second-order valence-electron chi connectivity index (χ2n) is 4.33. The molecule has 1 aromatic rings. The molecule has 0 unspecified atom stereocenters. The summed E-state index contributed by atoms with van der Waals surface area (Å²) in [7, 11) is 0. The summed E-state index contributed by atoms with van der Waals surface area (Å²) in [5.74, 6) is 0.862. The van der Waals surface area contributed by atoms with E-state index in [9.17, 15) is 0 Å². The lowest BCUT2D eigenvalue weighted by molar-refractivity contribution is 0.312. The van der Waals surface area contributed by atoms with Crippen LogP contribution in [-0.4, -0.2) is 29.0 Å². The highest BCUT2D eigenvalue weighted by Crippen LogP contribution is 2.18. The quantitative estimate of drug-likeness (QED) is 0.723. The fraction of sp³-hybridized carbons (Fsp3) is 0.727. The molecule has 0 radical (unpaired) electrons. The Labute approximate surface area is 90.6 Å². The van der Waals surface area contributed by atoms with E-state index in [0.29, 0.717) is 6.04 Å². The molecule has 0 amide bonds. The van der Waals surface area contributed by atoms with Gasteiger partial charge in [-0.2, -0.15) is 5.10 Å². The van der Waals surface area contributed by atoms with Crippen LogP contribution in [0.5, 0.6) is 5.75 Å². The smallest absolute Gasteiger partial charge is 0.157 e. The predicted octanol–water partition coefficient (Wildman–Crippen LogP) is 1.59. The lowest BCUT2D eigenvalue weighted by Crippen LogP contribution is -2.22. The number of nitrogens with one attached hydrogen (secondary N) is 1. The van der Waals surface area contributed by atoms with E-state index in [4.69, 9.17) is 4.74 Å². The molecule has 1 fully saturated rings. The zero-order chi connectivity index (χ0) is 10.7. The molecule has 1 aliphatic rings. The molecule has 0 spiro atoms. The standard InChI is InChI=1S/C11H19N3O/c1-9(2)14-8-11(7-13-14)15-6-5-12-10-3-4-10/h7-10,12H,3-6H2,1-2H3. The van der Waals surface area contributed by atoms with Gasteiger partial charge in [-0.1, -0.05) is 0 Å². The van der Waals surface area contributed by atoms with Gasteiger partial charge >= 0.3 is 0 Å². The number of rotatable bonds is 6. The van der Waals surface area contributed by atoms with E-state index >= 15 is 0 Å². The first-order valence-corrected chi connectivity index (χ1v) is 5.66. The van der Waals surface area contributed by atoms with E-state index in [1.54, 1.807) is 6.20 Å². The number of hydrogen-bond acceptors (Lipinski definition) is 3. The Morgan fingerprint density at radius 2 is 2.40 bits per heavy atom. The Balaban J connectivity index is 1.67. The van der Waals surface area contributed by atoms with Gasteiger partial charge in [-0.05, 0) is 26.7 Å². The molecule has 4 heteroatoms. The first-order chi connectivity index (χ1) is 7.25. The Morgan fingerprint density at radius 3 is 3.00 bits per heavy atom. The Bertz CT molecular complexity index is 305. The minimum absolute atomic E-state index is 0.395. The normalized spacial score (nSPS) is 15.9. The van der Waals surface area contributed by atoms with Crippen molar-refractivity contribution in [3.63, 3.8) is 0 Å². The second-order valence-corrected chi connectivity index (χ2v) is 4.33. The van der Waals surface area contributed by atoms with Crippen LogP contribution in [0.3, 0.4) is 0 Å². The summed E-state index contributed by atoms with van der Waals surface area (Å²) >= 11 is 0. The van der Waals surface area contributed by atoms with E-state index in [-0.39, 0.29) is 0 Å². The number of hydrogen-bond donors (Lipinski definition) is 1. The number of nitrogens with zero attached hydrogens (tertiary/aromatic N) is 2. The molecular formula is C11H19N3O. The average molecular weight is 209 g/mol. The van der Waals surface area contributed by atoms with E-state index in [2.05, 4.69) is 24.3 Å². The van der Waals surface area contributed by atoms with Gasteiger partial charge in [0.2, 0.25) is 0 Å². The number of ether oxygens (including phenoxy) is 1. The highest BCUT2D eigenvalue weighted by molar-refractivity contribution is 5.11. The van der Waals surface area contributed by atoms with Gasteiger partial charge in [0.05, 0.1) is 12.4 Å². The van der Waals surface area contributed by atoms with E-state index in [1.165, 1.54) is 12.8 Å². The minimum atomic E-state index is 0.395. The summed E-state index contributed by atoms with van der Waals surface area (Å²) < 4.78 is 7.48. The monoisotopic (exact) mass is 209 g/mol. The van der Waals surface area contributed by atoms with Gasteiger partial charge in [0.1, 0.15) is 6.61 Å². The summed E-state index contributed by atoms with van der Waals surface area (Å²) in [5, 5.41) is 7.62. The highest BCUT2D eigenvalue weighted by Gasteiger charge is 2.19. The van der Waals surface area contributed by atoms with Crippen LogP contribution in [0.4, 0.5) is 0 Å². The van der Waals surface area contributed by atoms with E-state index < -0.39 is 0 Å². The zero-order valence-electron chi connectivity index (χ0n) is 9.44. The van der Waals surface area contributed by atoms with Gasteiger partial charge < -0.3 is 10.1 Å². The van der Waals surface area contributed by atoms with Crippen LogP contribution >= 0.6 is 0 Å². The molecule has 4 nitrogen and oxygen atoms in total. The minimum Gasteiger partial charge on any atom is -0.489 e. The Morgan fingerprint density at radius 1 is 1.60 bits per heavy atom. The second kappa shape index (κ2) is 4.66. The third-order valence-electron chi connectivity index (χ3n) is 2.49. The molecule has 1 aliphatic carbocycles. The molecule has 0 saturated heterocycles. The topological polar surface area (TPSA) is 39.1 Å². The van der Waals surface area contributed by atoms with Crippen LogP contribution in [0.2, 0.25) is 0 Å². The van der Waals surface area contributed by atoms with Gasteiger partial charge in [-0.15, -0.1) is 0 Å². The molecule has 0 bridgehead atoms. The van der Waals surface area contributed by atoms with Crippen LogP contribution in [0.25, 0.3) is 0 Å². The fourth-order valence-electron chi connectivity index (χ4n) is 1.40. The zero-order valence-corrected chi connectivity index (χ0v) is 9.44. The third kappa shape index (κ3) is 3.23. The molecule has 15 heavy (non-hydrogen) atoms. The van der Waals surface area contributed by atoms with Crippen molar-refractivity contribution in [2.45, 2.75) is 38.8 Å². The SMILES string of the molecule is CC(C)n1cc(OCCNC2CC2)cn1. The molecular weight excluding hydrogens is 190 g/mol. The van der Waals surface area contributed by atoms with Crippen molar-refractivity contribution in [1.82, 2.24) is 15.1 Å². The van der Waals surface area contributed by atoms with E-state index in [1.807, 2.05) is 10.9 Å². The van der Waals surface area contributed by atoms with Crippen molar-refractivity contribution in [2.24, 2.45) is 0 Å². The molecule has 2 rings (SSSR count). The van der Waals surface area contributed by atoms with Crippen molar-refractivity contribution < 1.29 is 4.74 Å². The van der Waals surface area contributed by atoms with Gasteiger partial charge in [0.15, 0.2) is 5.75 Å². The molecule has 84 valence electrons. The molecule has 1 aromatic heterocycles. The molecule has 0 atom stereocenters. The molecule has 0 aromatic carbocycles. The summed E-state index contributed by atoms with van der Waals surface area (Å²) in [6.07, 6.45) is 6.37. The Kier molecular flexibility index (Phi) is 3.26. The Hall–Kier alpha value is -1.03. The van der Waals surface area contributed by atoms with E-state index in [0.717, 1.165) is 24.9 Å². The van der Waals surface area contributed by atoms with Crippen molar-refractivity contribution in [3.05, 3.63) is 12.4 Å². The van der Waals surface area contributed by atoms with Crippen molar-refractivity contribution in [1.29, 1.82) is 0 Å². The van der Waals surface area contributed by atoms with Crippen LogP contribution in [0.1, 0.15) is 32.7 Å². The summed E-state index contributed by atoms with van der Waals surface area (Å²) in [6, 6.07) is 1.15. The molecule has 1 saturated carbocycles. The van der Waals surface area contributed by atoms with Crippen molar-refractivity contribution in [2.75, 3.05) is 13.2 Å². The van der Waals surface area contributed by atoms with Crippen LogP contribution in [0.15, 0.2) is 12.4 Å². The first kappa shape index (κ1) is 10.5.